The molecular formula is C15H14N2O3. The minimum absolute atomic E-state index is 0.0693. The topological polar surface area (TPSA) is 86.3 Å². The number of hydrogen-bond acceptors (Lipinski definition) is 4. The van der Waals surface area contributed by atoms with Gasteiger partial charge in [0.05, 0.1) is 17.7 Å². The van der Waals surface area contributed by atoms with Crippen LogP contribution in [0.1, 0.15) is 40.4 Å². The van der Waals surface area contributed by atoms with Gasteiger partial charge in [-0.05, 0) is 36.8 Å². The van der Waals surface area contributed by atoms with E-state index in [9.17, 15) is 4.79 Å². The maximum absolute atomic E-state index is 10.7. The largest absolute Gasteiger partial charge is 0.475 e. The van der Waals surface area contributed by atoms with Gasteiger partial charge in [-0.2, -0.15) is 5.26 Å². The number of aromatic carboxylic acids is 1. The molecule has 0 aliphatic heterocycles. The van der Waals surface area contributed by atoms with Crippen molar-refractivity contribution >= 4 is 5.97 Å². The van der Waals surface area contributed by atoms with Crippen LogP contribution in [0.4, 0.5) is 0 Å². The summed E-state index contributed by atoms with van der Waals surface area (Å²) in [6, 6.07) is 12.4. The van der Waals surface area contributed by atoms with Crippen LogP contribution in [0.15, 0.2) is 40.8 Å². The van der Waals surface area contributed by atoms with Gasteiger partial charge in [-0.25, -0.2) is 4.79 Å². The first-order valence-electron chi connectivity index (χ1n) is 6.15. The van der Waals surface area contributed by atoms with Crippen molar-refractivity contribution in [3.8, 4) is 6.07 Å². The van der Waals surface area contributed by atoms with Crippen LogP contribution in [0.5, 0.6) is 0 Å². The van der Waals surface area contributed by atoms with Crippen LogP contribution in [0.2, 0.25) is 0 Å². The van der Waals surface area contributed by atoms with E-state index < -0.39 is 5.97 Å². The van der Waals surface area contributed by atoms with Crippen LogP contribution in [0, 0.1) is 11.3 Å². The van der Waals surface area contributed by atoms with E-state index in [0.29, 0.717) is 17.9 Å². The molecule has 0 bridgehead atoms. The molecule has 2 aromatic rings. The predicted octanol–water partition coefficient (Wildman–Crippen LogP) is 2.70. The molecule has 1 atom stereocenters. The molecule has 2 N–H and O–H groups in total. The highest BCUT2D eigenvalue weighted by molar-refractivity contribution is 5.84. The van der Waals surface area contributed by atoms with E-state index in [4.69, 9.17) is 14.8 Å². The molecule has 0 saturated heterocycles. The highest BCUT2D eigenvalue weighted by atomic mass is 16.4. The Morgan fingerprint density at radius 1 is 1.45 bits per heavy atom. The Hall–Kier alpha value is -2.58. The lowest BCUT2D eigenvalue weighted by Gasteiger charge is -2.11. The molecular weight excluding hydrogens is 256 g/mol. The van der Waals surface area contributed by atoms with Gasteiger partial charge in [0.15, 0.2) is 0 Å². The Kier molecular flexibility index (Phi) is 4.18. The Bertz CT molecular complexity index is 655. The van der Waals surface area contributed by atoms with E-state index in [1.807, 2.05) is 25.1 Å². The van der Waals surface area contributed by atoms with Crippen LogP contribution in [0.3, 0.4) is 0 Å². The number of rotatable bonds is 5. The lowest BCUT2D eigenvalue weighted by molar-refractivity contribution is 0.0659. The zero-order chi connectivity index (χ0) is 14.5. The number of benzene rings is 1. The second-order valence-corrected chi connectivity index (χ2v) is 4.42. The van der Waals surface area contributed by atoms with Crippen molar-refractivity contribution in [2.24, 2.45) is 0 Å². The molecule has 2 rings (SSSR count). The molecule has 0 fully saturated rings. The molecule has 5 heteroatoms. The van der Waals surface area contributed by atoms with Crippen molar-refractivity contribution in [3.05, 3.63) is 59.0 Å². The second-order valence-electron chi connectivity index (χ2n) is 4.42. The fourth-order valence-corrected chi connectivity index (χ4v) is 1.82. The normalized spacial score (nSPS) is 11.8. The van der Waals surface area contributed by atoms with Crippen LogP contribution in [0.25, 0.3) is 0 Å². The Morgan fingerprint density at radius 2 is 2.25 bits per heavy atom. The maximum atomic E-state index is 10.7. The van der Waals surface area contributed by atoms with Crippen LogP contribution >= 0.6 is 0 Å². The Labute approximate surface area is 116 Å². The highest BCUT2D eigenvalue weighted by Gasteiger charge is 2.13. The number of hydrogen-bond donors (Lipinski definition) is 2. The van der Waals surface area contributed by atoms with Crippen molar-refractivity contribution in [1.82, 2.24) is 5.32 Å². The summed E-state index contributed by atoms with van der Waals surface area (Å²) < 4.78 is 5.23. The SMILES string of the molecule is CC(NCc1cccc(C#N)c1)c1ccc(C(=O)O)o1. The molecule has 1 unspecified atom stereocenters. The molecule has 0 radical (unpaired) electrons. The van der Waals surface area contributed by atoms with Crippen LogP contribution < -0.4 is 5.32 Å². The fraction of sp³-hybridized carbons (Fsp3) is 0.200. The number of furan rings is 1. The average molecular weight is 270 g/mol. The third kappa shape index (κ3) is 3.25. The van der Waals surface area contributed by atoms with Crippen molar-refractivity contribution < 1.29 is 14.3 Å². The van der Waals surface area contributed by atoms with E-state index in [1.165, 1.54) is 6.07 Å². The summed E-state index contributed by atoms with van der Waals surface area (Å²) in [6.45, 7) is 2.46. The van der Waals surface area contributed by atoms with E-state index in [2.05, 4.69) is 11.4 Å². The molecule has 0 amide bonds. The van der Waals surface area contributed by atoms with Crippen molar-refractivity contribution in [3.63, 3.8) is 0 Å². The number of nitriles is 1. The highest BCUT2D eigenvalue weighted by Crippen LogP contribution is 2.17. The molecule has 0 aliphatic carbocycles. The summed E-state index contributed by atoms with van der Waals surface area (Å²) in [6.07, 6.45) is 0. The number of nitrogens with zero attached hydrogens (tertiary/aromatic N) is 1. The van der Waals surface area contributed by atoms with Gasteiger partial charge in [0.25, 0.3) is 0 Å². The average Bonchev–Trinajstić information content (AvgIpc) is 2.95. The monoisotopic (exact) mass is 270 g/mol. The second kappa shape index (κ2) is 6.04. The molecule has 1 aromatic heterocycles. The van der Waals surface area contributed by atoms with Gasteiger partial charge in [-0.15, -0.1) is 0 Å². The van der Waals surface area contributed by atoms with Crippen molar-refractivity contribution in [2.45, 2.75) is 19.5 Å². The van der Waals surface area contributed by atoms with E-state index in [-0.39, 0.29) is 11.8 Å². The van der Waals surface area contributed by atoms with Crippen molar-refractivity contribution in [1.29, 1.82) is 5.26 Å². The zero-order valence-electron chi connectivity index (χ0n) is 11.0. The first-order valence-corrected chi connectivity index (χ1v) is 6.15. The third-order valence-electron chi connectivity index (χ3n) is 2.93. The minimum Gasteiger partial charge on any atom is -0.475 e. The Balaban J connectivity index is 1.99. The third-order valence-corrected chi connectivity index (χ3v) is 2.93. The van der Waals surface area contributed by atoms with Gasteiger partial charge in [0.2, 0.25) is 5.76 Å². The van der Waals surface area contributed by atoms with Crippen molar-refractivity contribution in [2.75, 3.05) is 0 Å². The first kappa shape index (κ1) is 13.8. The first-order chi connectivity index (χ1) is 9.60. The van der Waals surface area contributed by atoms with Gasteiger partial charge in [0, 0.05) is 6.54 Å². The van der Waals surface area contributed by atoms with Gasteiger partial charge in [-0.1, -0.05) is 12.1 Å². The van der Waals surface area contributed by atoms with Gasteiger partial charge >= 0.3 is 5.97 Å². The number of carbonyl (C=O) groups is 1. The smallest absolute Gasteiger partial charge is 0.371 e. The molecule has 1 heterocycles. The van der Waals surface area contributed by atoms with Gasteiger partial charge in [-0.3, -0.25) is 0 Å². The lowest BCUT2D eigenvalue weighted by Crippen LogP contribution is -2.17. The number of carboxylic acid groups (broad SMARTS) is 1. The van der Waals surface area contributed by atoms with Gasteiger partial charge in [0.1, 0.15) is 5.76 Å². The Morgan fingerprint density at radius 3 is 2.90 bits per heavy atom. The van der Waals surface area contributed by atoms with E-state index in [0.717, 1.165) is 5.56 Å². The quantitative estimate of drug-likeness (QED) is 0.872. The number of carboxylic acids is 1. The summed E-state index contributed by atoms with van der Waals surface area (Å²) in [7, 11) is 0. The fourth-order valence-electron chi connectivity index (χ4n) is 1.82. The summed E-state index contributed by atoms with van der Waals surface area (Å²) in [4.78, 5) is 10.7. The molecule has 102 valence electrons. The molecule has 20 heavy (non-hydrogen) atoms. The molecule has 0 spiro atoms. The summed E-state index contributed by atoms with van der Waals surface area (Å²) >= 11 is 0. The molecule has 0 aliphatic rings. The summed E-state index contributed by atoms with van der Waals surface area (Å²) in [5, 5.41) is 20.9. The van der Waals surface area contributed by atoms with E-state index >= 15 is 0 Å². The predicted molar refractivity (Wildman–Crippen MR) is 72.1 cm³/mol. The minimum atomic E-state index is -1.08. The summed E-state index contributed by atoms with van der Waals surface area (Å²) in [5.41, 5.74) is 1.60. The van der Waals surface area contributed by atoms with Crippen LogP contribution in [-0.4, -0.2) is 11.1 Å². The molecule has 1 aromatic carbocycles. The standard InChI is InChI=1S/C15H14N2O3/c1-10(13-5-6-14(20-13)15(18)19)17-9-12-4-2-3-11(7-12)8-16/h2-7,10,17H,9H2,1H3,(H,18,19). The lowest BCUT2D eigenvalue weighted by atomic mass is 10.1. The number of nitrogens with one attached hydrogen (secondary N) is 1. The van der Waals surface area contributed by atoms with Gasteiger partial charge < -0.3 is 14.8 Å². The van der Waals surface area contributed by atoms with Crippen LogP contribution in [-0.2, 0) is 6.54 Å². The maximum Gasteiger partial charge on any atom is 0.371 e. The summed E-state index contributed by atoms with van der Waals surface area (Å²) in [5.74, 6) is -0.580. The zero-order valence-corrected chi connectivity index (χ0v) is 11.0. The molecule has 0 saturated carbocycles. The van der Waals surface area contributed by atoms with E-state index in [1.54, 1.807) is 12.1 Å². The molecule has 5 nitrogen and oxygen atoms in total.